The van der Waals surface area contributed by atoms with E-state index in [0.29, 0.717) is 31.8 Å². The molecule has 1 aromatic heterocycles. The highest BCUT2D eigenvalue weighted by Gasteiger charge is 2.13. The Kier molecular flexibility index (Phi) is 8.82. The van der Waals surface area contributed by atoms with E-state index in [0.717, 1.165) is 17.9 Å². The van der Waals surface area contributed by atoms with Crippen LogP contribution in [-0.4, -0.2) is 28.8 Å². The Hall–Kier alpha value is -1.85. The monoisotopic (exact) mass is 378 g/mol. The van der Waals surface area contributed by atoms with Gasteiger partial charge in [-0.1, -0.05) is 36.8 Å². The number of halogens is 1. The number of hydrogen-bond donors (Lipinski definition) is 2. The van der Waals surface area contributed by atoms with Crippen LogP contribution in [0.2, 0.25) is 0 Å². The van der Waals surface area contributed by atoms with E-state index in [2.05, 4.69) is 48.5 Å². The molecule has 0 aliphatic heterocycles. The molecule has 6 heteroatoms. The predicted molar refractivity (Wildman–Crippen MR) is 109 cm³/mol. The molecule has 0 spiro atoms. The number of rotatable bonds is 8. The quantitative estimate of drug-likeness (QED) is 0.741. The van der Waals surface area contributed by atoms with Crippen LogP contribution in [0, 0.1) is 26.7 Å². The fourth-order valence-electron chi connectivity index (χ4n) is 2.81. The smallest absolute Gasteiger partial charge is 0.220 e. The molecular weight excluding hydrogens is 348 g/mol. The number of carbonyl (C=O) groups is 1. The summed E-state index contributed by atoms with van der Waals surface area (Å²) in [6, 6.07) is 8.51. The summed E-state index contributed by atoms with van der Waals surface area (Å²) >= 11 is 0. The topological polar surface area (TPSA) is 72.9 Å². The Bertz CT molecular complexity index is 709. The van der Waals surface area contributed by atoms with E-state index in [-0.39, 0.29) is 18.3 Å². The zero-order valence-electron chi connectivity index (χ0n) is 16.2. The van der Waals surface area contributed by atoms with Crippen molar-refractivity contribution >= 4 is 18.3 Å². The Morgan fingerprint density at radius 3 is 2.50 bits per heavy atom. The molecule has 0 saturated heterocycles. The summed E-state index contributed by atoms with van der Waals surface area (Å²) in [5.41, 5.74) is 11.4. The molecule has 0 bridgehead atoms. The van der Waals surface area contributed by atoms with Crippen molar-refractivity contribution < 1.29 is 4.79 Å². The van der Waals surface area contributed by atoms with Gasteiger partial charge in [-0.2, -0.15) is 5.10 Å². The van der Waals surface area contributed by atoms with Gasteiger partial charge in [-0.05, 0) is 50.8 Å². The fraction of sp³-hybridized carbons (Fsp3) is 0.500. The maximum Gasteiger partial charge on any atom is 0.220 e. The lowest BCUT2D eigenvalue weighted by Crippen LogP contribution is -2.31. The second-order valence-corrected chi connectivity index (χ2v) is 6.94. The van der Waals surface area contributed by atoms with Crippen molar-refractivity contribution in [1.82, 2.24) is 15.1 Å². The van der Waals surface area contributed by atoms with E-state index in [1.807, 2.05) is 18.5 Å². The third-order valence-electron chi connectivity index (χ3n) is 4.64. The van der Waals surface area contributed by atoms with Gasteiger partial charge < -0.3 is 11.1 Å². The molecule has 1 atom stereocenters. The molecular formula is C20H31ClN4O. The van der Waals surface area contributed by atoms with Crippen molar-refractivity contribution in [2.24, 2.45) is 11.7 Å². The molecule has 0 aliphatic rings. The normalized spacial score (nSPS) is 11.7. The van der Waals surface area contributed by atoms with Gasteiger partial charge in [0.1, 0.15) is 0 Å². The van der Waals surface area contributed by atoms with Crippen LogP contribution >= 0.6 is 12.4 Å². The van der Waals surface area contributed by atoms with Crippen LogP contribution in [0.15, 0.2) is 24.3 Å². The SMILES string of the molecule is Cc1ccc(Cn2nc(C)c(CCC(=O)NCC(C)CN)c2C)cc1.Cl. The van der Waals surface area contributed by atoms with Crippen LogP contribution in [-0.2, 0) is 17.8 Å². The fourth-order valence-corrected chi connectivity index (χ4v) is 2.81. The van der Waals surface area contributed by atoms with Crippen LogP contribution in [0.5, 0.6) is 0 Å². The first kappa shape index (κ1) is 22.2. The maximum atomic E-state index is 12.0. The molecule has 0 saturated carbocycles. The molecule has 3 N–H and O–H groups in total. The van der Waals surface area contributed by atoms with Crippen LogP contribution in [0.25, 0.3) is 0 Å². The van der Waals surface area contributed by atoms with Crippen molar-refractivity contribution in [2.75, 3.05) is 13.1 Å². The lowest BCUT2D eigenvalue weighted by molar-refractivity contribution is -0.121. The average Bonchev–Trinajstić information content (AvgIpc) is 2.86. The van der Waals surface area contributed by atoms with Crippen molar-refractivity contribution in [3.05, 3.63) is 52.3 Å². The number of hydrogen-bond acceptors (Lipinski definition) is 3. The molecule has 1 heterocycles. The number of aryl methyl sites for hydroxylation is 2. The molecule has 2 aromatic rings. The molecule has 1 aromatic carbocycles. The van der Waals surface area contributed by atoms with Crippen LogP contribution in [0.1, 0.15) is 41.4 Å². The lowest BCUT2D eigenvalue weighted by Gasteiger charge is -2.10. The highest BCUT2D eigenvalue weighted by atomic mass is 35.5. The summed E-state index contributed by atoms with van der Waals surface area (Å²) in [4.78, 5) is 12.0. The summed E-state index contributed by atoms with van der Waals surface area (Å²) < 4.78 is 2.03. The van der Waals surface area contributed by atoms with E-state index >= 15 is 0 Å². The molecule has 1 unspecified atom stereocenters. The molecule has 1 amide bonds. The van der Waals surface area contributed by atoms with E-state index < -0.39 is 0 Å². The Balaban J connectivity index is 0.00000338. The summed E-state index contributed by atoms with van der Waals surface area (Å²) in [5, 5.41) is 7.61. The number of nitrogens with one attached hydrogen (secondary N) is 1. The van der Waals surface area contributed by atoms with Gasteiger partial charge in [-0.25, -0.2) is 0 Å². The second kappa shape index (κ2) is 10.3. The number of nitrogens with zero attached hydrogens (tertiary/aromatic N) is 2. The zero-order valence-corrected chi connectivity index (χ0v) is 17.0. The largest absolute Gasteiger partial charge is 0.356 e. The van der Waals surface area contributed by atoms with Crippen LogP contribution in [0.3, 0.4) is 0 Å². The number of nitrogens with two attached hydrogens (primary N) is 1. The van der Waals surface area contributed by atoms with Gasteiger partial charge >= 0.3 is 0 Å². The Morgan fingerprint density at radius 2 is 1.88 bits per heavy atom. The molecule has 144 valence electrons. The minimum Gasteiger partial charge on any atom is -0.356 e. The molecule has 0 radical (unpaired) electrons. The number of carbonyl (C=O) groups excluding carboxylic acids is 1. The molecule has 0 fully saturated rings. The van der Waals surface area contributed by atoms with Crippen molar-refractivity contribution in [3.63, 3.8) is 0 Å². The molecule has 5 nitrogen and oxygen atoms in total. The van der Waals surface area contributed by atoms with E-state index in [1.54, 1.807) is 0 Å². The molecule has 26 heavy (non-hydrogen) atoms. The van der Waals surface area contributed by atoms with Gasteiger partial charge in [0.2, 0.25) is 5.91 Å². The standard InChI is InChI=1S/C20H30N4O.ClH/c1-14-5-7-18(8-6-14)13-24-17(4)19(16(3)23-24)9-10-20(25)22-12-15(2)11-21;/h5-8,15H,9-13,21H2,1-4H3,(H,22,25);1H. The van der Waals surface area contributed by atoms with Crippen molar-refractivity contribution in [3.8, 4) is 0 Å². The van der Waals surface area contributed by atoms with E-state index in [1.165, 1.54) is 16.7 Å². The van der Waals surface area contributed by atoms with E-state index in [4.69, 9.17) is 5.73 Å². The van der Waals surface area contributed by atoms with Gasteiger partial charge in [0.25, 0.3) is 0 Å². The minimum absolute atomic E-state index is 0. The summed E-state index contributed by atoms with van der Waals surface area (Å²) in [5.74, 6) is 0.384. The van der Waals surface area contributed by atoms with Gasteiger partial charge in [-0.3, -0.25) is 9.48 Å². The molecule has 2 rings (SSSR count). The second-order valence-electron chi connectivity index (χ2n) is 6.94. The van der Waals surface area contributed by atoms with Crippen LogP contribution < -0.4 is 11.1 Å². The summed E-state index contributed by atoms with van der Waals surface area (Å²) in [6.07, 6.45) is 1.20. The van der Waals surface area contributed by atoms with Gasteiger partial charge in [0, 0.05) is 18.7 Å². The predicted octanol–water partition coefficient (Wildman–Crippen LogP) is 2.92. The maximum absolute atomic E-state index is 12.0. The first-order valence-corrected chi connectivity index (χ1v) is 8.96. The highest BCUT2D eigenvalue weighted by molar-refractivity contribution is 5.85. The molecule has 0 aliphatic carbocycles. The van der Waals surface area contributed by atoms with E-state index in [9.17, 15) is 4.79 Å². The average molecular weight is 379 g/mol. The lowest BCUT2D eigenvalue weighted by atomic mass is 10.1. The Labute approximate surface area is 162 Å². The zero-order chi connectivity index (χ0) is 18.4. The number of benzene rings is 1. The highest BCUT2D eigenvalue weighted by Crippen LogP contribution is 2.17. The summed E-state index contributed by atoms with van der Waals surface area (Å²) in [6.45, 7) is 10.2. The van der Waals surface area contributed by atoms with Gasteiger partial charge in [-0.15, -0.1) is 12.4 Å². The Morgan fingerprint density at radius 1 is 1.23 bits per heavy atom. The number of aromatic nitrogens is 2. The number of amides is 1. The van der Waals surface area contributed by atoms with Crippen molar-refractivity contribution in [1.29, 1.82) is 0 Å². The summed E-state index contributed by atoms with van der Waals surface area (Å²) in [7, 11) is 0. The van der Waals surface area contributed by atoms with Crippen molar-refractivity contribution in [2.45, 2.75) is 47.1 Å². The van der Waals surface area contributed by atoms with Crippen LogP contribution in [0.4, 0.5) is 0 Å². The van der Waals surface area contributed by atoms with Gasteiger partial charge in [0.15, 0.2) is 0 Å². The minimum atomic E-state index is 0. The first-order chi connectivity index (χ1) is 11.9. The third-order valence-corrected chi connectivity index (χ3v) is 4.64. The first-order valence-electron chi connectivity index (χ1n) is 8.96. The third kappa shape index (κ3) is 6.15. The van der Waals surface area contributed by atoms with Gasteiger partial charge in [0.05, 0.1) is 12.2 Å².